The first-order valence-electron chi connectivity index (χ1n) is 5.67. The molecule has 3 heteroatoms. The summed E-state index contributed by atoms with van der Waals surface area (Å²) in [6.07, 6.45) is 0. The van der Waals surface area contributed by atoms with Crippen LogP contribution in [0.3, 0.4) is 0 Å². The predicted molar refractivity (Wildman–Crippen MR) is 60.9 cm³/mol. The fraction of sp³-hybridized carbons (Fsp3) is 0.667. The lowest BCUT2D eigenvalue weighted by molar-refractivity contribution is 0.199. The fourth-order valence-corrected chi connectivity index (χ4v) is 2.24. The summed E-state index contributed by atoms with van der Waals surface area (Å²) < 4.78 is 5.54. The molecular formula is C12H20N2O. The van der Waals surface area contributed by atoms with Gasteiger partial charge in [-0.25, -0.2) is 0 Å². The van der Waals surface area contributed by atoms with Crippen LogP contribution in [-0.2, 0) is 6.54 Å². The highest BCUT2D eigenvalue weighted by Gasteiger charge is 2.17. The minimum Gasteiger partial charge on any atom is -0.466 e. The molecule has 3 nitrogen and oxygen atoms in total. The van der Waals surface area contributed by atoms with E-state index >= 15 is 0 Å². The van der Waals surface area contributed by atoms with Gasteiger partial charge in [0.25, 0.3) is 0 Å². The van der Waals surface area contributed by atoms with Crippen LogP contribution in [0, 0.1) is 13.8 Å². The summed E-state index contributed by atoms with van der Waals surface area (Å²) >= 11 is 0. The van der Waals surface area contributed by atoms with Gasteiger partial charge in [0.2, 0.25) is 0 Å². The number of hydrogen-bond acceptors (Lipinski definition) is 3. The molecule has 1 fully saturated rings. The van der Waals surface area contributed by atoms with Crippen LogP contribution in [0.4, 0.5) is 0 Å². The third-order valence-corrected chi connectivity index (χ3v) is 2.99. The summed E-state index contributed by atoms with van der Waals surface area (Å²) in [5.74, 6) is 2.09. The Morgan fingerprint density at radius 1 is 1.53 bits per heavy atom. The van der Waals surface area contributed by atoms with Crippen LogP contribution in [0.15, 0.2) is 10.5 Å². The molecule has 1 aliphatic heterocycles. The first-order chi connectivity index (χ1) is 7.15. The van der Waals surface area contributed by atoms with Gasteiger partial charge in [0.1, 0.15) is 11.5 Å². The van der Waals surface area contributed by atoms with E-state index in [0.29, 0.717) is 6.04 Å². The van der Waals surface area contributed by atoms with E-state index in [0.717, 1.165) is 37.7 Å². The number of nitrogens with zero attached hydrogens (tertiary/aromatic N) is 1. The Balaban J connectivity index is 1.99. The van der Waals surface area contributed by atoms with Crippen molar-refractivity contribution in [1.82, 2.24) is 10.2 Å². The number of rotatable bonds is 2. The number of hydrogen-bond donors (Lipinski definition) is 1. The molecule has 0 bridgehead atoms. The molecule has 2 heterocycles. The monoisotopic (exact) mass is 208 g/mol. The predicted octanol–water partition coefficient (Wildman–Crippen LogP) is 1.69. The van der Waals surface area contributed by atoms with E-state index in [4.69, 9.17) is 4.42 Å². The van der Waals surface area contributed by atoms with Gasteiger partial charge in [-0.05, 0) is 26.8 Å². The average Bonchev–Trinajstić information content (AvgIpc) is 2.45. The average molecular weight is 208 g/mol. The molecule has 1 saturated heterocycles. The van der Waals surface area contributed by atoms with E-state index in [9.17, 15) is 0 Å². The van der Waals surface area contributed by atoms with Crippen molar-refractivity contribution in [2.24, 2.45) is 0 Å². The highest BCUT2D eigenvalue weighted by molar-refractivity contribution is 5.20. The van der Waals surface area contributed by atoms with E-state index in [-0.39, 0.29) is 0 Å². The largest absolute Gasteiger partial charge is 0.466 e. The van der Waals surface area contributed by atoms with Crippen molar-refractivity contribution >= 4 is 0 Å². The first kappa shape index (κ1) is 10.7. The van der Waals surface area contributed by atoms with Gasteiger partial charge in [0.05, 0.1) is 0 Å². The van der Waals surface area contributed by atoms with Crippen molar-refractivity contribution in [3.63, 3.8) is 0 Å². The minimum absolute atomic E-state index is 0.604. The highest BCUT2D eigenvalue weighted by atomic mass is 16.3. The molecule has 0 unspecified atom stereocenters. The molecule has 1 N–H and O–H groups in total. The van der Waals surface area contributed by atoms with Gasteiger partial charge in [-0.3, -0.25) is 4.90 Å². The molecule has 15 heavy (non-hydrogen) atoms. The van der Waals surface area contributed by atoms with E-state index in [2.05, 4.69) is 23.2 Å². The smallest absolute Gasteiger partial charge is 0.105 e. The van der Waals surface area contributed by atoms with Crippen LogP contribution in [0.5, 0.6) is 0 Å². The van der Waals surface area contributed by atoms with Crippen LogP contribution in [0.1, 0.15) is 24.0 Å². The summed E-state index contributed by atoms with van der Waals surface area (Å²) in [5, 5.41) is 3.45. The van der Waals surface area contributed by atoms with Crippen molar-refractivity contribution in [3.05, 3.63) is 23.2 Å². The molecule has 0 spiro atoms. The molecule has 1 aromatic rings. The van der Waals surface area contributed by atoms with Crippen molar-refractivity contribution in [3.8, 4) is 0 Å². The van der Waals surface area contributed by atoms with Gasteiger partial charge in [0.15, 0.2) is 0 Å². The minimum atomic E-state index is 0.604. The zero-order valence-electron chi connectivity index (χ0n) is 9.84. The Kier molecular flexibility index (Phi) is 3.12. The topological polar surface area (TPSA) is 28.4 Å². The summed E-state index contributed by atoms with van der Waals surface area (Å²) in [6, 6.07) is 2.76. The quantitative estimate of drug-likeness (QED) is 0.801. The fourth-order valence-electron chi connectivity index (χ4n) is 2.24. The number of furan rings is 1. The van der Waals surface area contributed by atoms with Crippen molar-refractivity contribution in [2.75, 3.05) is 19.6 Å². The summed E-state index contributed by atoms with van der Waals surface area (Å²) in [6.45, 7) is 10.7. The molecule has 0 radical (unpaired) electrons. The van der Waals surface area contributed by atoms with E-state index < -0.39 is 0 Å². The molecule has 84 valence electrons. The van der Waals surface area contributed by atoms with E-state index in [1.807, 2.05) is 13.8 Å². The lowest BCUT2D eigenvalue weighted by Gasteiger charge is -2.31. The summed E-state index contributed by atoms with van der Waals surface area (Å²) in [4.78, 5) is 2.48. The van der Waals surface area contributed by atoms with Gasteiger partial charge < -0.3 is 9.73 Å². The Labute approximate surface area is 91.4 Å². The van der Waals surface area contributed by atoms with Crippen LogP contribution in [-0.4, -0.2) is 30.6 Å². The normalized spacial score (nSPS) is 23.3. The lowest BCUT2D eigenvalue weighted by atomic mass is 10.2. The van der Waals surface area contributed by atoms with E-state index in [1.165, 1.54) is 5.56 Å². The van der Waals surface area contributed by atoms with Crippen molar-refractivity contribution in [1.29, 1.82) is 0 Å². The number of nitrogens with one attached hydrogen (secondary N) is 1. The molecule has 0 amide bonds. The van der Waals surface area contributed by atoms with Gasteiger partial charge in [0, 0.05) is 37.8 Å². The number of aryl methyl sites for hydroxylation is 2. The maximum absolute atomic E-state index is 5.54. The molecule has 1 aromatic heterocycles. The molecule has 1 aliphatic rings. The van der Waals surface area contributed by atoms with Crippen LogP contribution in [0.25, 0.3) is 0 Å². The Morgan fingerprint density at radius 3 is 2.93 bits per heavy atom. The van der Waals surface area contributed by atoms with E-state index in [1.54, 1.807) is 0 Å². The second-order valence-corrected chi connectivity index (χ2v) is 4.53. The molecule has 0 aromatic carbocycles. The highest BCUT2D eigenvalue weighted by Crippen LogP contribution is 2.16. The van der Waals surface area contributed by atoms with Crippen LogP contribution in [0.2, 0.25) is 0 Å². The number of piperazine rings is 1. The van der Waals surface area contributed by atoms with Gasteiger partial charge >= 0.3 is 0 Å². The zero-order chi connectivity index (χ0) is 10.8. The summed E-state index contributed by atoms with van der Waals surface area (Å²) in [5.41, 5.74) is 1.33. The molecule has 0 saturated carbocycles. The van der Waals surface area contributed by atoms with Crippen LogP contribution < -0.4 is 5.32 Å². The lowest BCUT2D eigenvalue weighted by Crippen LogP contribution is -2.48. The summed E-state index contributed by atoms with van der Waals surface area (Å²) in [7, 11) is 0. The molecular weight excluding hydrogens is 188 g/mol. The van der Waals surface area contributed by atoms with Gasteiger partial charge in [-0.15, -0.1) is 0 Å². The second-order valence-electron chi connectivity index (χ2n) is 4.53. The van der Waals surface area contributed by atoms with Crippen molar-refractivity contribution in [2.45, 2.75) is 33.4 Å². The maximum Gasteiger partial charge on any atom is 0.105 e. The third kappa shape index (κ3) is 2.61. The van der Waals surface area contributed by atoms with Gasteiger partial charge in [-0.2, -0.15) is 0 Å². The first-order valence-corrected chi connectivity index (χ1v) is 5.67. The van der Waals surface area contributed by atoms with Crippen molar-refractivity contribution < 1.29 is 4.42 Å². The van der Waals surface area contributed by atoms with Crippen LogP contribution >= 0.6 is 0 Å². The molecule has 2 rings (SSSR count). The van der Waals surface area contributed by atoms with Gasteiger partial charge in [-0.1, -0.05) is 0 Å². The maximum atomic E-state index is 5.54. The zero-order valence-corrected chi connectivity index (χ0v) is 9.84. The second kappa shape index (κ2) is 4.37. The Morgan fingerprint density at radius 2 is 2.33 bits per heavy atom. The SMILES string of the molecule is Cc1cc(CN2CCN[C@H](C)C2)c(C)o1. The molecule has 1 atom stereocenters. The standard InChI is InChI=1S/C12H20N2O/c1-9-7-14(5-4-13-9)8-12-6-10(2)15-11(12)3/h6,9,13H,4-5,7-8H2,1-3H3/t9-/m1/s1. The Bertz CT molecular complexity index is 332. The third-order valence-electron chi connectivity index (χ3n) is 2.99. The Hall–Kier alpha value is -0.800. The molecule has 0 aliphatic carbocycles.